The second-order valence-corrected chi connectivity index (χ2v) is 8.49. The van der Waals surface area contributed by atoms with Gasteiger partial charge in [0.2, 0.25) is 0 Å². The van der Waals surface area contributed by atoms with Crippen LogP contribution < -0.4 is 4.90 Å². The van der Waals surface area contributed by atoms with E-state index in [0.717, 1.165) is 35.4 Å². The van der Waals surface area contributed by atoms with Gasteiger partial charge in [-0.1, -0.05) is 31.3 Å². The van der Waals surface area contributed by atoms with Crippen molar-refractivity contribution in [2.75, 3.05) is 38.2 Å². The van der Waals surface area contributed by atoms with Crippen LogP contribution in [0.5, 0.6) is 0 Å². The van der Waals surface area contributed by atoms with Crippen molar-refractivity contribution in [2.45, 2.75) is 27.7 Å². The molecule has 1 amide bonds. The predicted octanol–water partition coefficient (Wildman–Crippen LogP) is 4.69. The molecule has 0 bridgehead atoms. The molecule has 164 valence electrons. The number of aromatic nitrogens is 1. The lowest BCUT2D eigenvalue weighted by molar-refractivity contribution is 0.0600. The van der Waals surface area contributed by atoms with E-state index >= 15 is 0 Å². The number of fused-ring (bicyclic) bond motifs is 1. The van der Waals surface area contributed by atoms with Crippen molar-refractivity contribution in [3.63, 3.8) is 0 Å². The molecule has 31 heavy (non-hydrogen) atoms. The van der Waals surface area contributed by atoms with Crippen molar-refractivity contribution in [1.82, 2.24) is 9.88 Å². The van der Waals surface area contributed by atoms with Crippen LogP contribution >= 0.6 is 11.3 Å². The summed E-state index contributed by atoms with van der Waals surface area (Å²) in [4.78, 5) is 34.0. The first-order valence-electron chi connectivity index (χ1n) is 10.5. The van der Waals surface area contributed by atoms with Gasteiger partial charge < -0.3 is 9.64 Å². The number of likely N-dealkylation sites (N-methyl/N-ethyl adjacent to an activating group) is 1. The third kappa shape index (κ3) is 5.11. The molecule has 0 aliphatic carbocycles. The van der Waals surface area contributed by atoms with E-state index < -0.39 is 5.97 Å². The maximum Gasteiger partial charge on any atom is 0.337 e. The molecule has 2 aromatic carbocycles. The molecule has 0 saturated heterocycles. The Kier molecular flexibility index (Phi) is 7.41. The Bertz CT molecular complexity index is 1070. The zero-order valence-corrected chi connectivity index (χ0v) is 19.6. The quantitative estimate of drug-likeness (QED) is 0.477. The summed E-state index contributed by atoms with van der Waals surface area (Å²) in [6, 6.07) is 10.8. The normalized spacial score (nSPS) is 11.2. The van der Waals surface area contributed by atoms with E-state index in [1.165, 1.54) is 24.0 Å². The van der Waals surface area contributed by atoms with Crippen LogP contribution in [0.15, 0.2) is 36.4 Å². The largest absolute Gasteiger partial charge is 0.465 e. The van der Waals surface area contributed by atoms with Crippen molar-refractivity contribution >= 4 is 38.6 Å². The first-order chi connectivity index (χ1) is 14.9. The Morgan fingerprint density at radius 2 is 1.65 bits per heavy atom. The summed E-state index contributed by atoms with van der Waals surface area (Å²) < 4.78 is 5.83. The van der Waals surface area contributed by atoms with Crippen LogP contribution in [0.25, 0.3) is 10.2 Å². The van der Waals surface area contributed by atoms with Gasteiger partial charge in [0.25, 0.3) is 5.91 Å². The summed E-state index contributed by atoms with van der Waals surface area (Å²) in [7, 11) is 1.34. The Labute approximate surface area is 187 Å². The summed E-state index contributed by atoms with van der Waals surface area (Å²) >= 11 is 1.54. The minimum Gasteiger partial charge on any atom is -0.465 e. The van der Waals surface area contributed by atoms with Crippen LogP contribution in [-0.2, 0) is 4.74 Å². The number of hydrogen-bond donors (Lipinski definition) is 0. The van der Waals surface area contributed by atoms with E-state index in [0.29, 0.717) is 22.8 Å². The smallest absolute Gasteiger partial charge is 0.337 e. The summed E-state index contributed by atoms with van der Waals surface area (Å²) in [6.45, 7) is 11.5. The van der Waals surface area contributed by atoms with Gasteiger partial charge in [-0.3, -0.25) is 9.69 Å². The van der Waals surface area contributed by atoms with Gasteiger partial charge >= 0.3 is 5.97 Å². The summed E-state index contributed by atoms with van der Waals surface area (Å²) in [5.41, 5.74) is 4.15. The van der Waals surface area contributed by atoms with Crippen molar-refractivity contribution in [3.8, 4) is 0 Å². The van der Waals surface area contributed by atoms with Crippen LogP contribution in [0.1, 0.15) is 45.7 Å². The number of nitrogens with zero attached hydrogens (tertiary/aromatic N) is 3. The molecule has 0 radical (unpaired) electrons. The number of benzene rings is 2. The second-order valence-electron chi connectivity index (χ2n) is 7.48. The molecule has 0 N–H and O–H groups in total. The molecule has 0 fully saturated rings. The van der Waals surface area contributed by atoms with E-state index in [4.69, 9.17) is 9.72 Å². The van der Waals surface area contributed by atoms with Gasteiger partial charge in [0, 0.05) is 18.7 Å². The van der Waals surface area contributed by atoms with Crippen LogP contribution in [-0.4, -0.2) is 55.0 Å². The zero-order valence-electron chi connectivity index (χ0n) is 18.8. The van der Waals surface area contributed by atoms with Crippen molar-refractivity contribution in [2.24, 2.45) is 0 Å². The van der Waals surface area contributed by atoms with Crippen molar-refractivity contribution < 1.29 is 14.3 Å². The molecule has 3 aromatic rings. The Balaban J connectivity index is 1.97. The minimum absolute atomic E-state index is 0.128. The average Bonchev–Trinajstić information content (AvgIpc) is 3.20. The molecule has 6 nitrogen and oxygen atoms in total. The SMILES string of the molecule is CCN(CC)CCN(C(=O)c1ccc(C(=O)OC)cc1)c1nc2c(C)cc(C)cc2s1. The fourth-order valence-corrected chi connectivity index (χ4v) is 4.73. The first kappa shape index (κ1) is 22.9. The Morgan fingerprint density at radius 3 is 2.26 bits per heavy atom. The van der Waals surface area contributed by atoms with Gasteiger partial charge in [-0.2, -0.15) is 0 Å². The Morgan fingerprint density at radius 1 is 1.00 bits per heavy atom. The molecule has 0 aliphatic heterocycles. The molecule has 0 aliphatic rings. The van der Waals surface area contributed by atoms with E-state index in [2.05, 4.69) is 37.8 Å². The summed E-state index contributed by atoms with van der Waals surface area (Å²) in [5.74, 6) is -0.550. The molecular weight excluding hydrogens is 410 g/mol. The van der Waals surface area contributed by atoms with Crippen LogP contribution in [0.3, 0.4) is 0 Å². The monoisotopic (exact) mass is 439 g/mol. The molecule has 3 rings (SSSR count). The molecule has 0 unspecified atom stereocenters. The number of methoxy groups -OCH3 is 1. The van der Waals surface area contributed by atoms with Gasteiger partial charge in [0.1, 0.15) is 0 Å². The topological polar surface area (TPSA) is 62.7 Å². The highest BCUT2D eigenvalue weighted by Gasteiger charge is 2.23. The van der Waals surface area contributed by atoms with Crippen LogP contribution in [0.4, 0.5) is 5.13 Å². The lowest BCUT2D eigenvalue weighted by atomic mass is 10.1. The number of carbonyl (C=O) groups excluding carboxylic acids is 2. The molecule has 1 heterocycles. The number of amides is 1. The molecular formula is C24H29N3O3S. The third-order valence-electron chi connectivity index (χ3n) is 5.38. The zero-order chi connectivity index (χ0) is 22.5. The number of thiazole rings is 1. The molecule has 1 aromatic heterocycles. The first-order valence-corrected chi connectivity index (χ1v) is 11.3. The van der Waals surface area contributed by atoms with Crippen molar-refractivity contribution in [1.29, 1.82) is 0 Å². The Hall–Kier alpha value is -2.77. The number of aryl methyl sites for hydroxylation is 2. The number of rotatable bonds is 8. The lowest BCUT2D eigenvalue weighted by Crippen LogP contribution is -2.38. The standard InChI is InChI=1S/C24H29N3O3S/c1-6-26(7-2)12-13-27(22(28)18-8-10-19(11-9-18)23(29)30-5)24-25-21-17(4)14-16(3)15-20(21)31-24/h8-11,14-15H,6-7,12-13H2,1-5H3. The molecule has 0 spiro atoms. The fraction of sp³-hybridized carbons (Fsp3) is 0.375. The van der Waals surface area contributed by atoms with Gasteiger partial charge in [0.15, 0.2) is 5.13 Å². The highest BCUT2D eigenvalue weighted by molar-refractivity contribution is 7.22. The maximum atomic E-state index is 13.5. The highest BCUT2D eigenvalue weighted by Crippen LogP contribution is 2.32. The number of ether oxygens (including phenoxy) is 1. The number of carbonyl (C=O) groups is 2. The van der Waals surface area contributed by atoms with Gasteiger partial charge in [0.05, 0.1) is 22.9 Å². The van der Waals surface area contributed by atoms with Gasteiger partial charge in [-0.15, -0.1) is 0 Å². The van der Waals surface area contributed by atoms with Crippen molar-refractivity contribution in [3.05, 3.63) is 58.7 Å². The van der Waals surface area contributed by atoms with Crippen LogP contribution in [0, 0.1) is 13.8 Å². The summed E-state index contributed by atoms with van der Waals surface area (Å²) in [6.07, 6.45) is 0. The summed E-state index contributed by atoms with van der Waals surface area (Å²) in [5, 5.41) is 0.693. The van der Waals surface area contributed by atoms with Crippen LogP contribution in [0.2, 0.25) is 0 Å². The number of hydrogen-bond acceptors (Lipinski definition) is 6. The third-order valence-corrected chi connectivity index (χ3v) is 6.41. The number of anilines is 1. The highest BCUT2D eigenvalue weighted by atomic mass is 32.1. The second kappa shape index (κ2) is 10.0. The van der Waals surface area contributed by atoms with E-state index in [1.807, 2.05) is 6.92 Å². The van der Waals surface area contributed by atoms with E-state index in [-0.39, 0.29) is 5.91 Å². The van der Waals surface area contributed by atoms with E-state index in [9.17, 15) is 9.59 Å². The predicted molar refractivity (Wildman–Crippen MR) is 126 cm³/mol. The number of esters is 1. The lowest BCUT2D eigenvalue weighted by Gasteiger charge is -2.24. The molecule has 0 atom stereocenters. The fourth-order valence-electron chi connectivity index (χ4n) is 3.56. The average molecular weight is 440 g/mol. The molecule has 0 saturated carbocycles. The minimum atomic E-state index is -0.422. The maximum absolute atomic E-state index is 13.5. The van der Waals surface area contributed by atoms with Gasteiger partial charge in [-0.05, 0) is 68.4 Å². The molecule has 7 heteroatoms. The van der Waals surface area contributed by atoms with E-state index in [1.54, 1.807) is 29.2 Å². The van der Waals surface area contributed by atoms with Gasteiger partial charge in [-0.25, -0.2) is 9.78 Å².